The number of hydrogen-bond acceptors (Lipinski definition) is 2. The van der Waals surface area contributed by atoms with E-state index in [1.807, 2.05) is 0 Å². The van der Waals surface area contributed by atoms with Gasteiger partial charge in [0, 0.05) is 33.9 Å². The maximum Gasteiger partial charge on any atom is 0.137 e. The lowest BCUT2D eigenvalue weighted by Crippen LogP contribution is -2.09. The van der Waals surface area contributed by atoms with Gasteiger partial charge in [-0.3, -0.25) is 0 Å². The third-order valence-corrected chi connectivity index (χ3v) is 9.78. The summed E-state index contributed by atoms with van der Waals surface area (Å²) >= 11 is 0. The Hall–Kier alpha value is -6.38. The minimum atomic E-state index is 0.881. The Morgan fingerprint density at radius 2 is 0.896 bits per heavy atom. The van der Waals surface area contributed by atoms with Crippen molar-refractivity contribution >= 4 is 82.1 Å². The van der Waals surface area contributed by atoms with Crippen LogP contribution in [0.1, 0.15) is 0 Å². The zero-order valence-electron chi connectivity index (χ0n) is 26.1. The SMILES string of the molecule is c1ccc(N(c2ccc(-c3ccc4c(ccc5ccc6ccccc6c54)c3)cc2)c2ccc3c(c2)oc2cc4ccccc4cc23)cc1. The highest BCUT2D eigenvalue weighted by molar-refractivity contribution is 6.20. The van der Waals surface area contributed by atoms with Crippen LogP contribution in [0.2, 0.25) is 0 Å². The molecule has 9 aromatic carbocycles. The molecule has 10 aromatic rings. The van der Waals surface area contributed by atoms with Crippen LogP contribution in [-0.2, 0) is 0 Å². The van der Waals surface area contributed by atoms with Crippen LogP contribution in [0.4, 0.5) is 17.1 Å². The summed E-state index contributed by atoms with van der Waals surface area (Å²) in [4.78, 5) is 2.30. The van der Waals surface area contributed by atoms with Crippen molar-refractivity contribution in [2.75, 3.05) is 4.90 Å². The average Bonchev–Trinajstić information content (AvgIpc) is 3.50. The lowest BCUT2D eigenvalue weighted by Gasteiger charge is -2.25. The molecule has 0 aliphatic rings. The van der Waals surface area contributed by atoms with E-state index in [1.165, 1.54) is 54.2 Å². The van der Waals surface area contributed by atoms with E-state index in [-0.39, 0.29) is 0 Å². The van der Waals surface area contributed by atoms with Gasteiger partial charge in [-0.25, -0.2) is 0 Å². The molecule has 1 aromatic heterocycles. The van der Waals surface area contributed by atoms with Crippen molar-refractivity contribution in [3.8, 4) is 11.1 Å². The fraction of sp³-hybridized carbons (Fsp3) is 0. The monoisotopic (exact) mass is 611 g/mol. The molecule has 48 heavy (non-hydrogen) atoms. The van der Waals surface area contributed by atoms with Gasteiger partial charge < -0.3 is 9.32 Å². The van der Waals surface area contributed by atoms with E-state index in [0.717, 1.165) is 39.0 Å². The second-order valence-electron chi connectivity index (χ2n) is 12.6. The standard InChI is InChI=1S/C46H29NO/c1-2-11-37(12-3-1)47(39-23-25-42-43-27-33-9-4-5-10-34(33)28-44(43)48-45(42)29-39)38-21-18-30(19-22-38)35-20-24-41-36(26-35)17-16-32-15-14-31-8-6-7-13-40(31)46(32)41/h1-29H. The summed E-state index contributed by atoms with van der Waals surface area (Å²) in [5.74, 6) is 0. The van der Waals surface area contributed by atoms with Crippen molar-refractivity contribution in [2.45, 2.75) is 0 Å². The van der Waals surface area contributed by atoms with Gasteiger partial charge in [0.1, 0.15) is 11.2 Å². The number of rotatable bonds is 4. The first-order valence-electron chi connectivity index (χ1n) is 16.4. The van der Waals surface area contributed by atoms with E-state index in [2.05, 4.69) is 181 Å². The Morgan fingerprint density at radius 1 is 0.312 bits per heavy atom. The number of furan rings is 1. The molecular formula is C46H29NO. The fourth-order valence-electron chi connectivity index (χ4n) is 7.43. The minimum Gasteiger partial charge on any atom is -0.456 e. The Bertz CT molecular complexity index is 2830. The molecule has 1 heterocycles. The van der Waals surface area contributed by atoms with Gasteiger partial charge in [0.05, 0.1) is 0 Å². The van der Waals surface area contributed by atoms with Gasteiger partial charge in [0.25, 0.3) is 0 Å². The molecule has 0 saturated carbocycles. The number of nitrogens with zero attached hydrogens (tertiary/aromatic N) is 1. The predicted octanol–water partition coefficient (Wildman–Crippen LogP) is 13.3. The molecule has 0 bridgehead atoms. The molecule has 0 fully saturated rings. The first-order chi connectivity index (χ1) is 23.8. The van der Waals surface area contributed by atoms with E-state index >= 15 is 0 Å². The zero-order chi connectivity index (χ0) is 31.6. The molecule has 0 radical (unpaired) electrons. The molecular weight excluding hydrogens is 583 g/mol. The van der Waals surface area contributed by atoms with Crippen LogP contribution in [0.5, 0.6) is 0 Å². The Balaban J connectivity index is 1.06. The number of fused-ring (bicyclic) bond motifs is 9. The maximum atomic E-state index is 6.46. The van der Waals surface area contributed by atoms with Crippen LogP contribution in [0.3, 0.4) is 0 Å². The third kappa shape index (κ3) is 4.27. The van der Waals surface area contributed by atoms with Crippen molar-refractivity contribution in [3.63, 3.8) is 0 Å². The van der Waals surface area contributed by atoms with Gasteiger partial charge in [-0.05, 0) is 109 Å². The Labute approximate surface area is 277 Å². The molecule has 0 N–H and O–H groups in total. The van der Waals surface area contributed by atoms with Crippen molar-refractivity contribution in [1.29, 1.82) is 0 Å². The van der Waals surface area contributed by atoms with E-state index in [9.17, 15) is 0 Å². The van der Waals surface area contributed by atoms with Crippen LogP contribution >= 0.6 is 0 Å². The summed E-state index contributed by atoms with van der Waals surface area (Å²) < 4.78 is 6.46. The molecule has 224 valence electrons. The molecule has 0 aliphatic carbocycles. The summed E-state index contributed by atoms with van der Waals surface area (Å²) in [6.07, 6.45) is 0. The average molecular weight is 612 g/mol. The topological polar surface area (TPSA) is 16.4 Å². The second-order valence-corrected chi connectivity index (χ2v) is 12.6. The summed E-state index contributed by atoms with van der Waals surface area (Å²) in [5.41, 5.74) is 7.41. The second kappa shape index (κ2) is 10.6. The van der Waals surface area contributed by atoms with Gasteiger partial charge in [0.2, 0.25) is 0 Å². The largest absolute Gasteiger partial charge is 0.456 e. The van der Waals surface area contributed by atoms with E-state index < -0.39 is 0 Å². The normalized spacial score (nSPS) is 11.8. The van der Waals surface area contributed by atoms with E-state index in [1.54, 1.807) is 0 Å². The summed E-state index contributed by atoms with van der Waals surface area (Å²) in [5, 5.41) is 12.4. The van der Waals surface area contributed by atoms with Crippen LogP contribution in [0.15, 0.2) is 180 Å². The summed E-state index contributed by atoms with van der Waals surface area (Å²) in [7, 11) is 0. The van der Waals surface area contributed by atoms with Crippen LogP contribution in [0.25, 0.3) is 76.2 Å². The van der Waals surface area contributed by atoms with Crippen molar-refractivity contribution in [3.05, 3.63) is 176 Å². The number of anilines is 3. The lowest BCUT2D eigenvalue weighted by atomic mass is 9.94. The van der Waals surface area contributed by atoms with Crippen LogP contribution < -0.4 is 4.90 Å². The fourth-order valence-corrected chi connectivity index (χ4v) is 7.43. The highest BCUT2D eigenvalue weighted by Crippen LogP contribution is 2.40. The Morgan fingerprint density at radius 3 is 1.73 bits per heavy atom. The molecule has 0 atom stereocenters. The van der Waals surface area contributed by atoms with Gasteiger partial charge in [0.15, 0.2) is 0 Å². The molecule has 2 nitrogen and oxygen atoms in total. The minimum absolute atomic E-state index is 0.881. The van der Waals surface area contributed by atoms with Crippen molar-refractivity contribution in [1.82, 2.24) is 0 Å². The lowest BCUT2D eigenvalue weighted by molar-refractivity contribution is 0.669. The van der Waals surface area contributed by atoms with Gasteiger partial charge in [-0.2, -0.15) is 0 Å². The maximum absolute atomic E-state index is 6.46. The van der Waals surface area contributed by atoms with E-state index in [0.29, 0.717) is 0 Å². The van der Waals surface area contributed by atoms with Gasteiger partial charge in [-0.1, -0.05) is 115 Å². The van der Waals surface area contributed by atoms with E-state index in [4.69, 9.17) is 4.42 Å². The van der Waals surface area contributed by atoms with Crippen LogP contribution in [0, 0.1) is 0 Å². The molecule has 0 aliphatic heterocycles. The molecule has 0 unspecified atom stereocenters. The van der Waals surface area contributed by atoms with Crippen molar-refractivity contribution < 1.29 is 4.42 Å². The van der Waals surface area contributed by atoms with Crippen LogP contribution in [-0.4, -0.2) is 0 Å². The summed E-state index contributed by atoms with van der Waals surface area (Å²) in [6, 6.07) is 63.3. The number of hydrogen-bond donors (Lipinski definition) is 0. The van der Waals surface area contributed by atoms with Gasteiger partial charge in [-0.15, -0.1) is 0 Å². The molecule has 2 heteroatoms. The predicted molar refractivity (Wildman–Crippen MR) is 204 cm³/mol. The number of benzene rings is 9. The summed E-state index contributed by atoms with van der Waals surface area (Å²) in [6.45, 7) is 0. The number of para-hydroxylation sites is 1. The molecule has 10 rings (SSSR count). The quantitative estimate of drug-likeness (QED) is 0.184. The molecule has 0 spiro atoms. The third-order valence-electron chi connectivity index (χ3n) is 9.78. The van der Waals surface area contributed by atoms with Gasteiger partial charge >= 0.3 is 0 Å². The zero-order valence-corrected chi connectivity index (χ0v) is 26.1. The highest BCUT2D eigenvalue weighted by atomic mass is 16.3. The van der Waals surface area contributed by atoms with Crippen molar-refractivity contribution in [2.24, 2.45) is 0 Å². The Kier molecular flexibility index (Phi) is 5.91. The first-order valence-corrected chi connectivity index (χ1v) is 16.4. The molecule has 0 amide bonds. The smallest absolute Gasteiger partial charge is 0.137 e. The first kappa shape index (κ1) is 26.8. The highest BCUT2D eigenvalue weighted by Gasteiger charge is 2.16. The molecule has 0 saturated heterocycles.